The summed E-state index contributed by atoms with van der Waals surface area (Å²) in [5, 5.41) is 3.38. The minimum Gasteiger partial charge on any atom is -0.352 e. The van der Waals surface area contributed by atoms with Crippen molar-refractivity contribution in [2.45, 2.75) is 72.8 Å². The second-order valence-electron chi connectivity index (χ2n) is 8.85. The summed E-state index contributed by atoms with van der Waals surface area (Å²) in [5.41, 5.74) is 6.38. The highest BCUT2D eigenvalue weighted by molar-refractivity contribution is 5.76. The van der Waals surface area contributed by atoms with Gasteiger partial charge in [-0.3, -0.25) is 4.79 Å². The van der Waals surface area contributed by atoms with Crippen LogP contribution in [-0.4, -0.2) is 18.5 Å². The fourth-order valence-corrected chi connectivity index (χ4v) is 5.07. The van der Waals surface area contributed by atoms with Crippen LogP contribution >= 0.6 is 0 Å². The number of hydrogen-bond donors (Lipinski definition) is 2. The van der Waals surface area contributed by atoms with E-state index in [2.05, 4.69) is 39.9 Å². The topological polar surface area (TPSA) is 55.1 Å². The lowest BCUT2D eigenvalue weighted by Gasteiger charge is -2.43. The van der Waals surface area contributed by atoms with Crippen molar-refractivity contribution in [3.8, 4) is 0 Å². The maximum atomic E-state index is 12.5. The largest absolute Gasteiger partial charge is 0.352 e. The second-order valence-corrected chi connectivity index (χ2v) is 8.85. The van der Waals surface area contributed by atoms with Crippen LogP contribution < -0.4 is 11.1 Å². The summed E-state index contributed by atoms with van der Waals surface area (Å²) in [4.78, 5) is 12.5. The quantitative estimate of drug-likeness (QED) is 0.789. The zero-order valence-electron chi connectivity index (χ0n) is 14.5. The van der Waals surface area contributed by atoms with E-state index in [4.69, 9.17) is 5.73 Å². The normalized spacial score (nSPS) is 35.2. The zero-order chi connectivity index (χ0) is 15.8. The van der Waals surface area contributed by atoms with E-state index in [0.717, 1.165) is 12.3 Å². The Kier molecular flexibility index (Phi) is 4.72. The van der Waals surface area contributed by atoms with Gasteiger partial charge in [0.05, 0.1) is 0 Å². The van der Waals surface area contributed by atoms with Crippen LogP contribution in [0, 0.1) is 28.6 Å². The van der Waals surface area contributed by atoms with Crippen LogP contribution in [0.4, 0.5) is 0 Å². The van der Waals surface area contributed by atoms with Gasteiger partial charge >= 0.3 is 0 Å². The van der Waals surface area contributed by atoms with Gasteiger partial charge in [0, 0.05) is 12.5 Å². The molecule has 0 spiro atoms. The molecular formula is C18H34N2O. The SMILES string of the molecule is CC(C)CC(CN)CC(=O)NC1C2(C)CCC(C2)C1(C)C. The summed E-state index contributed by atoms with van der Waals surface area (Å²) in [6.07, 6.45) is 5.49. The van der Waals surface area contributed by atoms with Crippen LogP contribution in [0.3, 0.4) is 0 Å². The summed E-state index contributed by atoms with van der Waals surface area (Å²) in [5.74, 6) is 1.90. The molecule has 0 aliphatic heterocycles. The average molecular weight is 294 g/mol. The number of fused-ring (bicyclic) bond motifs is 2. The van der Waals surface area contributed by atoms with Gasteiger partial charge in [0.1, 0.15) is 0 Å². The fraction of sp³-hybridized carbons (Fsp3) is 0.944. The van der Waals surface area contributed by atoms with Crippen molar-refractivity contribution in [1.29, 1.82) is 0 Å². The molecule has 2 aliphatic carbocycles. The minimum atomic E-state index is 0.206. The van der Waals surface area contributed by atoms with E-state index in [1.54, 1.807) is 0 Å². The highest BCUT2D eigenvalue weighted by Crippen LogP contribution is 2.62. The van der Waals surface area contributed by atoms with Crippen molar-refractivity contribution in [1.82, 2.24) is 5.32 Å². The fourth-order valence-electron chi connectivity index (χ4n) is 5.07. The first kappa shape index (κ1) is 16.8. The second kappa shape index (κ2) is 5.91. The molecule has 3 nitrogen and oxygen atoms in total. The van der Waals surface area contributed by atoms with Gasteiger partial charge in [-0.15, -0.1) is 0 Å². The molecule has 4 atom stereocenters. The Labute approximate surface area is 130 Å². The molecule has 2 bridgehead atoms. The van der Waals surface area contributed by atoms with E-state index < -0.39 is 0 Å². The number of nitrogens with two attached hydrogens (primary N) is 1. The summed E-state index contributed by atoms with van der Waals surface area (Å²) < 4.78 is 0. The Morgan fingerprint density at radius 3 is 2.48 bits per heavy atom. The maximum absolute atomic E-state index is 12.5. The standard InChI is InChI=1S/C18H34N2O/c1-12(2)8-13(11-19)9-15(21)20-16-17(3,4)14-6-7-18(16,5)10-14/h12-14,16H,6-11,19H2,1-5H3,(H,20,21). The molecule has 122 valence electrons. The molecule has 2 aliphatic rings. The van der Waals surface area contributed by atoms with E-state index in [1.807, 2.05) is 0 Å². The van der Waals surface area contributed by atoms with Crippen LogP contribution in [0.5, 0.6) is 0 Å². The molecule has 1 amide bonds. The van der Waals surface area contributed by atoms with Gasteiger partial charge in [-0.2, -0.15) is 0 Å². The van der Waals surface area contributed by atoms with Crippen molar-refractivity contribution >= 4 is 5.91 Å². The Bertz CT molecular complexity index is 386. The van der Waals surface area contributed by atoms with E-state index in [1.165, 1.54) is 19.3 Å². The van der Waals surface area contributed by atoms with Gasteiger partial charge in [-0.25, -0.2) is 0 Å². The third-order valence-corrected chi connectivity index (χ3v) is 6.19. The summed E-state index contributed by atoms with van der Waals surface area (Å²) in [6, 6.07) is 0.328. The molecule has 3 N–H and O–H groups in total. The van der Waals surface area contributed by atoms with Gasteiger partial charge in [0.2, 0.25) is 5.91 Å². The summed E-state index contributed by atoms with van der Waals surface area (Å²) in [7, 11) is 0. The van der Waals surface area contributed by atoms with Gasteiger partial charge in [-0.1, -0.05) is 34.6 Å². The third kappa shape index (κ3) is 3.28. The molecule has 0 aromatic carbocycles. The molecule has 0 aromatic heterocycles. The van der Waals surface area contributed by atoms with Crippen molar-refractivity contribution in [3.63, 3.8) is 0 Å². The molecule has 3 heteroatoms. The molecule has 2 saturated carbocycles. The molecule has 2 fully saturated rings. The van der Waals surface area contributed by atoms with E-state index >= 15 is 0 Å². The first-order valence-electron chi connectivity index (χ1n) is 8.68. The number of amides is 1. The van der Waals surface area contributed by atoms with E-state index in [0.29, 0.717) is 36.3 Å². The molecule has 0 heterocycles. The highest BCUT2D eigenvalue weighted by Gasteiger charge is 2.59. The van der Waals surface area contributed by atoms with Gasteiger partial charge in [0.25, 0.3) is 0 Å². The Morgan fingerprint density at radius 1 is 1.33 bits per heavy atom. The molecule has 0 saturated heterocycles. The Hall–Kier alpha value is -0.570. The van der Waals surface area contributed by atoms with Gasteiger partial charge < -0.3 is 11.1 Å². The smallest absolute Gasteiger partial charge is 0.220 e. The predicted octanol–water partition coefficient (Wildman–Crippen LogP) is 3.33. The monoisotopic (exact) mass is 294 g/mol. The Balaban J connectivity index is 1.96. The molecule has 21 heavy (non-hydrogen) atoms. The molecule has 0 aromatic rings. The average Bonchev–Trinajstić information content (AvgIpc) is 2.84. The van der Waals surface area contributed by atoms with Gasteiger partial charge in [0.15, 0.2) is 0 Å². The number of hydrogen-bond acceptors (Lipinski definition) is 2. The van der Waals surface area contributed by atoms with Crippen molar-refractivity contribution < 1.29 is 4.79 Å². The minimum absolute atomic E-state index is 0.206. The van der Waals surface area contributed by atoms with Crippen LogP contribution in [-0.2, 0) is 4.79 Å². The lowest BCUT2D eigenvalue weighted by molar-refractivity contribution is -0.124. The van der Waals surface area contributed by atoms with Crippen molar-refractivity contribution in [3.05, 3.63) is 0 Å². The van der Waals surface area contributed by atoms with Crippen molar-refractivity contribution in [2.75, 3.05) is 6.54 Å². The molecule has 4 unspecified atom stereocenters. The number of rotatable bonds is 6. The van der Waals surface area contributed by atoms with Crippen LogP contribution in [0.2, 0.25) is 0 Å². The lowest BCUT2D eigenvalue weighted by Crippen LogP contribution is -2.52. The number of carbonyl (C=O) groups excluding carboxylic acids is 1. The van der Waals surface area contributed by atoms with E-state index in [9.17, 15) is 4.79 Å². The van der Waals surface area contributed by atoms with Crippen molar-refractivity contribution in [2.24, 2.45) is 34.3 Å². The first-order valence-corrected chi connectivity index (χ1v) is 8.68. The van der Waals surface area contributed by atoms with Crippen LogP contribution in [0.1, 0.15) is 66.7 Å². The van der Waals surface area contributed by atoms with Crippen LogP contribution in [0.25, 0.3) is 0 Å². The third-order valence-electron chi connectivity index (χ3n) is 6.19. The number of carbonyl (C=O) groups is 1. The lowest BCUT2D eigenvalue weighted by atomic mass is 9.68. The highest BCUT2D eigenvalue weighted by atomic mass is 16.1. The predicted molar refractivity (Wildman–Crippen MR) is 87.8 cm³/mol. The Morgan fingerprint density at radius 2 is 2.00 bits per heavy atom. The first-order chi connectivity index (χ1) is 9.69. The zero-order valence-corrected chi connectivity index (χ0v) is 14.5. The summed E-state index contributed by atoms with van der Waals surface area (Å²) >= 11 is 0. The van der Waals surface area contributed by atoms with Crippen LogP contribution in [0.15, 0.2) is 0 Å². The molecular weight excluding hydrogens is 260 g/mol. The molecule has 0 radical (unpaired) electrons. The molecule has 2 rings (SSSR count). The maximum Gasteiger partial charge on any atom is 0.220 e. The van der Waals surface area contributed by atoms with E-state index in [-0.39, 0.29) is 11.3 Å². The summed E-state index contributed by atoms with van der Waals surface area (Å²) in [6.45, 7) is 12.0. The number of nitrogens with one attached hydrogen (secondary N) is 1. The van der Waals surface area contributed by atoms with Gasteiger partial charge in [-0.05, 0) is 60.8 Å².